The molecular formula is C33H52O6. The van der Waals surface area contributed by atoms with Gasteiger partial charge in [-0.1, -0.05) is 38.8 Å². The van der Waals surface area contributed by atoms with Gasteiger partial charge < -0.3 is 14.2 Å². The molecule has 220 valence electrons. The van der Waals surface area contributed by atoms with E-state index in [1.165, 1.54) is 52.0 Å². The Labute approximate surface area is 236 Å². The minimum atomic E-state index is -0.403. The molecule has 0 aromatic rings. The van der Waals surface area contributed by atoms with Crippen LogP contribution in [-0.4, -0.2) is 35.7 Å². The summed E-state index contributed by atoms with van der Waals surface area (Å²) < 4.78 is 17.2. The molecule has 0 heterocycles. The van der Waals surface area contributed by atoms with Crippen molar-refractivity contribution in [1.29, 1.82) is 0 Å². The normalized spacial score (nSPS) is 38.4. The van der Waals surface area contributed by atoms with Crippen molar-refractivity contribution >= 4 is 17.9 Å². The SMILES string of the molecule is CC(=O)OC1C[C@@H](OC(C)=O)CC2=CC[C@H]3[C@@H]4CC[C@H]([C@H](C)CCCC(C)(C)OC(C)=O)[C@@]4(C)CC[C@@H]3[C@]21C. The van der Waals surface area contributed by atoms with E-state index in [1.54, 1.807) is 0 Å². The molecule has 0 radical (unpaired) electrons. The van der Waals surface area contributed by atoms with Crippen LogP contribution in [0.5, 0.6) is 0 Å². The fourth-order valence-corrected chi connectivity index (χ4v) is 9.82. The van der Waals surface area contributed by atoms with Gasteiger partial charge in [-0.2, -0.15) is 0 Å². The summed E-state index contributed by atoms with van der Waals surface area (Å²) in [7, 11) is 0. The molecule has 3 saturated carbocycles. The molecule has 0 aromatic heterocycles. The molecule has 0 spiro atoms. The Hall–Kier alpha value is -1.85. The summed E-state index contributed by atoms with van der Waals surface area (Å²) in [5.41, 5.74) is 1.06. The standard InChI is InChI=1S/C33H52O6/c1-20(10-9-16-31(5,6)39-23(4)36)27-13-14-28-26-12-11-24-18-25(37-21(2)34)19-30(38-22(3)35)33(24,8)29(26)15-17-32(27,28)7/h11,20,25-30H,9-10,12-19H2,1-8H3/t20-,25+,26+,27-,28+,29+,30?,32-,33+/m1/s1. The molecule has 39 heavy (non-hydrogen) atoms. The predicted octanol–water partition coefficient (Wildman–Crippen LogP) is 7.19. The summed E-state index contributed by atoms with van der Waals surface area (Å²) in [4.78, 5) is 35.4. The van der Waals surface area contributed by atoms with Gasteiger partial charge in [-0.3, -0.25) is 14.4 Å². The first-order valence-corrected chi connectivity index (χ1v) is 15.4. The third-order valence-electron chi connectivity index (χ3n) is 11.4. The third kappa shape index (κ3) is 5.95. The minimum absolute atomic E-state index is 0.196. The van der Waals surface area contributed by atoms with Crippen LogP contribution in [0.15, 0.2) is 11.6 Å². The van der Waals surface area contributed by atoms with Gasteiger partial charge in [-0.05, 0) is 93.8 Å². The molecule has 0 amide bonds. The number of allylic oxidation sites excluding steroid dienone is 1. The molecule has 0 bridgehead atoms. The van der Waals surface area contributed by atoms with Crippen molar-refractivity contribution in [1.82, 2.24) is 0 Å². The molecule has 0 aliphatic heterocycles. The van der Waals surface area contributed by atoms with Crippen molar-refractivity contribution in [3.63, 3.8) is 0 Å². The summed E-state index contributed by atoms with van der Waals surface area (Å²) in [5, 5.41) is 0. The largest absolute Gasteiger partial charge is 0.462 e. The Bertz CT molecular complexity index is 983. The van der Waals surface area contributed by atoms with Crippen molar-refractivity contribution in [2.24, 2.45) is 40.4 Å². The first kappa shape index (κ1) is 30.1. The number of carbonyl (C=O) groups is 3. The second-order valence-electron chi connectivity index (χ2n) is 14.3. The van der Waals surface area contributed by atoms with Crippen LogP contribution >= 0.6 is 0 Å². The summed E-state index contributed by atoms with van der Waals surface area (Å²) in [6, 6.07) is 0. The van der Waals surface area contributed by atoms with Gasteiger partial charge in [0, 0.05) is 39.0 Å². The monoisotopic (exact) mass is 544 g/mol. The number of hydrogen-bond donors (Lipinski definition) is 0. The lowest BCUT2D eigenvalue weighted by Crippen LogP contribution is -2.57. The molecule has 9 atom stereocenters. The average molecular weight is 545 g/mol. The van der Waals surface area contributed by atoms with Gasteiger partial charge in [-0.25, -0.2) is 0 Å². The summed E-state index contributed by atoms with van der Waals surface area (Å²) in [6.45, 7) is 15.8. The Morgan fingerprint density at radius 1 is 1.00 bits per heavy atom. The summed E-state index contributed by atoms with van der Waals surface area (Å²) in [5.74, 6) is 2.39. The van der Waals surface area contributed by atoms with Crippen LogP contribution in [0, 0.1) is 40.4 Å². The molecule has 4 rings (SSSR count). The van der Waals surface area contributed by atoms with Crippen molar-refractivity contribution < 1.29 is 28.6 Å². The second-order valence-corrected chi connectivity index (χ2v) is 14.3. The molecule has 0 saturated heterocycles. The van der Waals surface area contributed by atoms with E-state index < -0.39 is 5.60 Å². The summed E-state index contributed by atoms with van der Waals surface area (Å²) in [6.07, 6.45) is 12.4. The molecular weight excluding hydrogens is 492 g/mol. The van der Waals surface area contributed by atoms with Crippen molar-refractivity contribution in [2.45, 2.75) is 137 Å². The highest BCUT2D eigenvalue weighted by Gasteiger charge is 2.62. The maximum atomic E-state index is 12.2. The van der Waals surface area contributed by atoms with Crippen LogP contribution in [0.2, 0.25) is 0 Å². The molecule has 6 heteroatoms. The van der Waals surface area contributed by atoms with Crippen LogP contribution in [0.25, 0.3) is 0 Å². The van der Waals surface area contributed by atoms with Crippen molar-refractivity contribution in [2.75, 3.05) is 0 Å². The number of esters is 3. The molecule has 0 N–H and O–H groups in total. The summed E-state index contributed by atoms with van der Waals surface area (Å²) >= 11 is 0. The molecule has 3 fully saturated rings. The Balaban J connectivity index is 1.49. The van der Waals surface area contributed by atoms with Gasteiger partial charge >= 0.3 is 17.9 Å². The van der Waals surface area contributed by atoms with Gasteiger partial charge in [0.2, 0.25) is 0 Å². The lowest BCUT2D eigenvalue weighted by Gasteiger charge is -2.60. The van der Waals surface area contributed by atoms with Gasteiger partial charge in [0.1, 0.15) is 17.8 Å². The molecule has 6 nitrogen and oxygen atoms in total. The number of rotatable bonds is 8. The van der Waals surface area contributed by atoms with Crippen LogP contribution in [0.4, 0.5) is 0 Å². The first-order valence-electron chi connectivity index (χ1n) is 15.4. The number of fused-ring (bicyclic) bond motifs is 5. The highest BCUT2D eigenvalue weighted by Crippen LogP contribution is 2.67. The van der Waals surface area contributed by atoms with E-state index in [0.29, 0.717) is 41.4 Å². The average Bonchev–Trinajstić information content (AvgIpc) is 3.15. The second kappa shape index (κ2) is 11.2. The molecule has 4 aliphatic carbocycles. The van der Waals surface area contributed by atoms with Crippen LogP contribution in [-0.2, 0) is 28.6 Å². The number of ether oxygens (including phenoxy) is 3. The topological polar surface area (TPSA) is 78.9 Å². The van der Waals surface area contributed by atoms with E-state index in [-0.39, 0.29) is 35.5 Å². The van der Waals surface area contributed by atoms with E-state index in [0.717, 1.165) is 32.1 Å². The maximum Gasteiger partial charge on any atom is 0.303 e. The third-order valence-corrected chi connectivity index (χ3v) is 11.4. The Morgan fingerprint density at radius 2 is 1.69 bits per heavy atom. The molecule has 4 aliphatic rings. The zero-order valence-corrected chi connectivity index (χ0v) is 25.6. The van der Waals surface area contributed by atoms with Gasteiger partial charge in [0.15, 0.2) is 0 Å². The van der Waals surface area contributed by atoms with Crippen LogP contribution in [0.3, 0.4) is 0 Å². The zero-order valence-electron chi connectivity index (χ0n) is 25.6. The van der Waals surface area contributed by atoms with Gasteiger partial charge in [-0.15, -0.1) is 0 Å². The lowest BCUT2D eigenvalue weighted by molar-refractivity contribution is -0.172. The molecule has 1 unspecified atom stereocenters. The Morgan fingerprint density at radius 3 is 2.33 bits per heavy atom. The highest BCUT2D eigenvalue weighted by atomic mass is 16.6. The predicted molar refractivity (Wildman–Crippen MR) is 151 cm³/mol. The van der Waals surface area contributed by atoms with Gasteiger partial charge in [0.05, 0.1) is 0 Å². The smallest absolute Gasteiger partial charge is 0.303 e. The van der Waals surface area contributed by atoms with E-state index in [9.17, 15) is 14.4 Å². The number of hydrogen-bond acceptors (Lipinski definition) is 6. The molecule has 0 aromatic carbocycles. The van der Waals surface area contributed by atoms with E-state index in [4.69, 9.17) is 14.2 Å². The zero-order chi connectivity index (χ0) is 28.8. The first-order chi connectivity index (χ1) is 18.2. The van der Waals surface area contributed by atoms with Crippen molar-refractivity contribution in [3.05, 3.63) is 11.6 Å². The fourth-order valence-electron chi connectivity index (χ4n) is 9.82. The van der Waals surface area contributed by atoms with E-state index in [1.807, 2.05) is 13.8 Å². The maximum absolute atomic E-state index is 12.2. The van der Waals surface area contributed by atoms with Crippen LogP contribution < -0.4 is 0 Å². The fraction of sp³-hybridized carbons (Fsp3) is 0.848. The van der Waals surface area contributed by atoms with E-state index >= 15 is 0 Å². The lowest BCUT2D eigenvalue weighted by atomic mass is 9.46. The van der Waals surface area contributed by atoms with Crippen molar-refractivity contribution in [3.8, 4) is 0 Å². The van der Waals surface area contributed by atoms with E-state index in [2.05, 4.69) is 26.8 Å². The quantitative estimate of drug-likeness (QED) is 0.183. The van der Waals surface area contributed by atoms with Crippen LogP contribution in [0.1, 0.15) is 120 Å². The highest BCUT2D eigenvalue weighted by molar-refractivity contribution is 5.67. The van der Waals surface area contributed by atoms with Gasteiger partial charge in [0.25, 0.3) is 0 Å². The minimum Gasteiger partial charge on any atom is -0.462 e. The number of carbonyl (C=O) groups excluding carboxylic acids is 3. The Kier molecular flexibility index (Phi) is 8.65.